The molecule has 0 spiro atoms. The maximum Gasteiger partial charge on any atom is 0.309 e. The summed E-state index contributed by atoms with van der Waals surface area (Å²) in [4.78, 5) is 12.3. The molecule has 3 fully saturated rings. The summed E-state index contributed by atoms with van der Waals surface area (Å²) in [6.45, 7) is 5.12. The van der Waals surface area contributed by atoms with E-state index in [4.69, 9.17) is 14.2 Å². The molecule has 1 saturated carbocycles. The van der Waals surface area contributed by atoms with E-state index in [1.807, 2.05) is 13.8 Å². The van der Waals surface area contributed by atoms with Gasteiger partial charge in [0.15, 0.2) is 5.79 Å². The van der Waals surface area contributed by atoms with Gasteiger partial charge in [-0.15, -0.1) is 0 Å². The fourth-order valence-corrected chi connectivity index (χ4v) is 4.37. The Balaban J connectivity index is 1.78. The summed E-state index contributed by atoms with van der Waals surface area (Å²) in [5, 5.41) is 0. The molecule has 120 valence electrons. The van der Waals surface area contributed by atoms with Gasteiger partial charge in [0.2, 0.25) is 0 Å². The Kier molecular flexibility index (Phi) is 4.55. The standard InChI is InChI=1S/C17H28O4/c1-17(2)20-11-14(21-17)15(12-7-4-3-5-8-12)13-9-6-10-19-16(13)18/h12-15H,3-11H2,1-2H3/t13-,14+,15+/m0/s1. The van der Waals surface area contributed by atoms with Crippen molar-refractivity contribution >= 4 is 5.97 Å². The first-order chi connectivity index (χ1) is 10.1. The first kappa shape index (κ1) is 15.3. The molecule has 2 aliphatic heterocycles. The van der Waals surface area contributed by atoms with Gasteiger partial charge in [-0.05, 0) is 32.6 Å². The van der Waals surface area contributed by atoms with Crippen LogP contribution in [-0.2, 0) is 19.0 Å². The minimum atomic E-state index is -0.518. The molecule has 0 amide bonds. The largest absolute Gasteiger partial charge is 0.465 e. The molecule has 21 heavy (non-hydrogen) atoms. The third-order valence-corrected chi connectivity index (χ3v) is 5.33. The van der Waals surface area contributed by atoms with E-state index in [1.54, 1.807) is 0 Å². The van der Waals surface area contributed by atoms with Gasteiger partial charge in [-0.3, -0.25) is 4.79 Å². The zero-order chi connectivity index (χ0) is 14.9. The lowest BCUT2D eigenvalue weighted by Gasteiger charge is -2.39. The summed E-state index contributed by atoms with van der Waals surface area (Å²) < 4.78 is 17.3. The number of rotatable bonds is 3. The van der Waals surface area contributed by atoms with Crippen LogP contribution in [0.3, 0.4) is 0 Å². The van der Waals surface area contributed by atoms with Crippen LogP contribution in [0.15, 0.2) is 0 Å². The van der Waals surface area contributed by atoms with Gasteiger partial charge in [0.25, 0.3) is 0 Å². The normalized spacial score (nSPS) is 35.4. The summed E-state index contributed by atoms with van der Waals surface area (Å²) >= 11 is 0. The van der Waals surface area contributed by atoms with Crippen LogP contribution in [0.1, 0.15) is 58.8 Å². The van der Waals surface area contributed by atoms with Crippen molar-refractivity contribution in [1.82, 2.24) is 0 Å². The highest BCUT2D eigenvalue weighted by molar-refractivity contribution is 5.73. The number of cyclic esters (lactones) is 1. The number of carbonyl (C=O) groups is 1. The molecule has 2 heterocycles. The highest BCUT2D eigenvalue weighted by Gasteiger charge is 2.47. The molecular formula is C17H28O4. The molecule has 0 radical (unpaired) electrons. The summed E-state index contributed by atoms with van der Waals surface area (Å²) in [5.74, 6) is 0.321. The number of hydrogen-bond donors (Lipinski definition) is 0. The number of esters is 1. The van der Waals surface area contributed by atoms with Crippen molar-refractivity contribution < 1.29 is 19.0 Å². The Morgan fingerprint density at radius 3 is 2.48 bits per heavy atom. The number of carbonyl (C=O) groups excluding carboxylic acids is 1. The van der Waals surface area contributed by atoms with Crippen molar-refractivity contribution in [2.45, 2.75) is 70.7 Å². The van der Waals surface area contributed by atoms with Gasteiger partial charge in [0, 0.05) is 5.92 Å². The Morgan fingerprint density at radius 1 is 1.10 bits per heavy atom. The van der Waals surface area contributed by atoms with E-state index in [2.05, 4.69) is 0 Å². The predicted molar refractivity (Wildman–Crippen MR) is 78.7 cm³/mol. The fraction of sp³-hybridized carbons (Fsp3) is 0.941. The van der Waals surface area contributed by atoms with E-state index in [-0.39, 0.29) is 23.9 Å². The lowest BCUT2D eigenvalue weighted by atomic mass is 9.70. The molecule has 0 aromatic rings. The molecule has 0 N–H and O–H groups in total. The SMILES string of the molecule is CC1(C)OC[C@H]([C@H](C2CCCCC2)[C@@H]2CCCOC2=O)O1. The van der Waals surface area contributed by atoms with E-state index in [0.717, 1.165) is 12.8 Å². The molecule has 1 aliphatic carbocycles. The van der Waals surface area contributed by atoms with Crippen molar-refractivity contribution in [2.75, 3.05) is 13.2 Å². The third kappa shape index (κ3) is 3.42. The zero-order valence-corrected chi connectivity index (χ0v) is 13.3. The average molecular weight is 296 g/mol. The van der Waals surface area contributed by atoms with E-state index < -0.39 is 5.79 Å². The monoisotopic (exact) mass is 296 g/mol. The lowest BCUT2D eigenvalue weighted by Crippen LogP contribution is -2.43. The number of ether oxygens (including phenoxy) is 3. The van der Waals surface area contributed by atoms with Crippen molar-refractivity contribution in [1.29, 1.82) is 0 Å². The molecule has 0 aromatic heterocycles. The Morgan fingerprint density at radius 2 is 1.86 bits per heavy atom. The second kappa shape index (κ2) is 6.25. The van der Waals surface area contributed by atoms with Gasteiger partial charge in [0.1, 0.15) is 0 Å². The summed E-state index contributed by atoms with van der Waals surface area (Å²) in [6.07, 6.45) is 8.28. The van der Waals surface area contributed by atoms with Gasteiger partial charge in [-0.2, -0.15) is 0 Å². The van der Waals surface area contributed by atoms with Crippen LogP contribution in [0, 0.1) is 17.8 Å². The van der Waals surface area contributed by atoms with Crippen LogP contribution in [0.2, 0.25) is 0 Å². The molecule has 0 unspecified atom stereocenters. The molecule has 3 aliphatic rings. The first-order valence-corrected chi connectivity index (χ1v) is 8.55. The molecule has 0 bridgehead atoms. The van der Waals surface area contributed by atoms with Gasteiger partial charge >= 0.3 is 5.97 Å². The van der Waals surface area contributed by atoms with E-state index in [1.165, 1.54) is 32.1 Å². The molecule has 4 nitrogen and oxygen atoms in total. The zero-order valence-electron chi connectivity index (χ0n) is 13.3. The first-order valence-electron chi connectivity index (χ1n) is 8.55. The van der Waals surface area contributed by atoms with Gasteiger partial charge in [0.05, 0.1) is 25.2 Å². The van der Waals surface area contributed by atoms with Crippen LogP contribution in [0.5, 0.6) is 0 Å². The Hall–Kier alpha value is -0.610. The maximum atomic E-state index is 12.3. The van der Waals surface area contributed by atoms with Crippen molar-refractivity contribution in [3.63, 3.8) is 0 Å². The molecule has 0 aromatic carbocycles. The minimum Gasteiger partial charge on any atom is -0.465 e. The Labute approximate surface area is 127 Å². The highest BCUT2D eigenvalue weighted by atomic mass is 16.7. The van der Waals surface area contributed by atoms with Crippen molar-refractivity contribution in [2.24, 2.45) is 17.8 Å². The molecule has 3 rings (SSSR count). The van der Waals surface area contributed by atoms with Gasteiger partial charge in [-0.1, -0.05) is 32.1 Å². The van der Waals surface area contributed by atoms with Crippen molar-refractivity contribution in [3.8, 4) is 0 Å². The summed E-state index contributed by atoms with van der Waals surface area (Å²) in [5.41, 5.74) is 0. The molecule has 3 atom stereocenters. The van der Waals surface area contributed by atoms with Crippen molar-refractivity contribution in [3.05, 3.63) is 0 Å². The van der Waals surface area contributed by atoms with Crippen LogP contribution < -0.4 is 0 Å². The summed E-state index contributed by atoms with van der Waals surface area (Å²) in [6, 6.07) is 0. The van der Waals surface area contributed by atoms with Gasteiger partial charge < -0.3 is 14.2 Å². The third-order valence-electron chi connectivity index (χ3n) is 5.33. The van der Waals surface area contributed by atoms with E-state index in [0.29, 0.717) is 19.1 Å². The van der Waals surface area contributed by atoms with Crippen LogP contribution in [0.25, 0.3) is 0 Å². The highest BCUT2D eigenvalue weighted by Crippen LogP contribution is 2.43. The van der Waals surface area contributed by atoms with E-state index >= 15 is 0 Å². The second-order valence-corrected chi connectivity index (χ2v) is 7.26. The average Bonchev–Trinajstić information content (AvgIpc) is 2.82. The van der Waals surface area contributed by atoms with Crippen LogP contribution in [0.4, 0.5) is 0 Å². The van der Waals surface area contributed by atoms with Gasteiger partial charge in [-0.25, -0.2) is 0 Å². The lowest BCUT2D eigenvalue weighted by molar-refractivity contribution is -0.169. The molecule has 2 saturated heterocycles. The predicted octanol–water partition coefficient (Wildman–Crippen LogP) is 3.29. The minimum absolute atomic E-state index is 0.00403. The smallest absolute Gasteiger partial charge is 0.309 e. The van der Waals surface area contributed by atoms with Crippen LogP contribution in [-0.4, -0.2) is 31.1 Å². The number of hydrogen-bond acceptors (Lipinski definition) is 4. The Bertz CT molecular complexity index is 373. The van der Waals surface area contributed by atoms with E-state index in [9.17, 15) is 4.79 Å². The molecule has 4 heteroatoms. The quantitative estimate of drug-likeness (QED) is 0.750. The van der Waals surface area contributed by atoms with Crippen LogP contribution >= 0.6 is 0 Å². The second-order valence-electron chi connectivity index (χ2n) is 7.26. The summed E-state index contributed by atoms with van der Waals surface area (Å²) in [7, 11) is 0. The maximum absolute atomic E-state index is 12.3. The molecular weight excluding hydrogens is 268 g/mol. The topological polar surface area (TPSA) is 44.8 Å². The fourth-order valence-electron chi connectivity index (χ4n) is 4.37.